The first-order valence-electron chi connectivity index (χ1n) is 8.63. The fourth-order valence-electron chi connectivity index (χ4n) is 2.03. The molecular weight excluding hydrogens is 340 g/mol. The van der Waals surface area contributed by atoms with E-state index in [1.165, 1.54) is 7.11 Å². The fourth-order valence-corrected chi connectivity index (χ4v) is 3.04. The highest BCUT2D eigenvalue weighted by molar-refractivity contribution is 7.89. The number of nitrogens with zero attached hydrogens (tertiary/aromatic N) is 1. The van der Waals surface area contributed by atoms with Gasteiger partial charge in [0.15, 0.2) is 5.96 Å². The molecule has 0 saturated heterocycles. The average molecular weight is 371 g/mol. The Kier molecular flexibility index (Phi) is 10.1. The van der Waals surface area contributed by atoms with Gasteiger partial charge < -0.3 is 15.4 Å². The first-order valence-corrected chi connectivity index (χ1v) is 10.1. The Hall–Kier alpha value is -1.64. The lowest BCUT2D eigenvalue weighted by atomic mass is 10.2. The lowest BCUT2D eigenvalue weighted by Crippen LogP contribution is -2.37. The Morgan fingerprint density at radius 1 is 1.12 bits per heavy atom. The molecule has 0 heterocycles. The summed E-state index contributed by atoms with van der Waals surface area (Å²) in [5.74, 6) is 0.772. The monoisotopic (exact) mass is 370 g/mol. The molecule has 7 nitrogen and oxygen atoms in total. The van der Waals surface area contributed by atoms with Gasteiger partial charge in [0.05, 0.1) is 18.0 Å². The van der Waals surface area contributed by atoms with Gasteiger partial charge in [0.2, 0.25) is 10.0 Å². The summed E-state index contributed by atoms with van der Waals surface area (Å²) in [5.41, 5.74) is 0.948. The Bertz CT molecular complexity index is 615. The van der Waals surface area contributed by atoms with Gasteiger partial charge in [-0.25, -0.2) is 18.1 Å². The van der Waals surface area contributed by atoms with Gasteiger partial charge in [-0.2, -0.15) is 0 Å². The zero-order valence-corrected chi connectivity index (χ0v) is 16.2. The molecule has 0 aliphatic carbocycles. The second-order valence-electron chi connectivity index (χ2n) is 5.51. The number of ether oxygens (including phenoxy) is 1. The van der Waals surface area contributed by atoms with Gasteiger partial charge in [0, 0.05) is 26.7 Å². The maximum absolute atomic E-state index is 12.1. The number of hydrogen-bond donors (Lipinski definition) is 3. The van der Waals surface area contributed by atoms with Crippen molar-refractivity contribution >= 4 is 16.0 Å². The van der Waals surface area contributed by atoms with Crippen molar-refractivity contribution in [2.24, 2.45) is 4.99 Å². The van der Waals surface area contributed by atoms with Crippen molar-refractivity contribution in [3.05, 3.63) is 29.8 Å². The topological polar surface area (TPSA) is 91.8 Å². The van der Waals surface area contributed by atoms with Crippen LogP contribution >= 0.6 is 0 Å². The van der Waals surface area contributed by atoms with Crippen LogP contribution < -0.4 is 15.4 Å². The second kappa shape index (κ2) is 11.8. The highest BCUT2D eigenvalue weighted by atomic mass is 32.2. The van der Waals surface area contributed by atoms with E-state index in [9.17, 15) is 8.42 Å². The molecule has 0 amide bonds. The minimum atomic E-state index is -3.49. The third-order valence-electron chi connectivity index (χ3n) is 3.42. The minimum absolute atomic E-state index is 0.240. The molecule has 1 aromatic carbocycles. The molecule has 25 heavy (non-hydrogen) atoms. The average Bonchev–Trinajstić information content (AvgIpc) is 2.60. The first-order chi connectivity index (χ1) is 12.0. The molecule has 3 N–H and O–H groups in total. The summed E-state index contributed by atoms with van der Waals surface area (Å²) < 4.78 is 31.5. The van der Waals surface area contributed by atoms with Crippen LogP contribution in [-0.2, 0) is 21.3 Å². The number of sulfonamides is 1. The van der Waals surface area contributed by atoms with Crippen LogP contribution in [-0.4, -0.2) is 47.7 Å². The van der Waals surface area contributed by atoms with E-state index in [2.05, 4.69) is 27.3 Å². The van der Waals surface area contributed by atoms with E-state index in [4.69, 9.17) is 4.74 Å². The third-order valence-corrected chi connectivity index (χ3v) is 4.90. The van der Waals surface area contributed by atoms with Gasteiger partial charge in [-0.3, -0.25) is 0 Å². The van der Waals surface area contributed by atoms with E-state index >= 15 is 0 Å². The molecular formula is C17H30N4O3S. The number of guanidine groups is 1. The maximum Gasteiger partial charge on any atom is 0.240 e. The van der Waals surface area contributed by atoms with Gasteiger partial charge in [-0.15, -0.1) is 0 Å². The van der Waals surface area contributed by atoms with Crippen LogP contribution in [0.2, 0.25) is 0 Å². The number of benzene rings is 1. The predicted molar refractivity (Wildman–Crippen MR) is 101 cm³/mol. The lowest BCUT2D eigenvalue weighted by Gasteiger charge is -2.11. The molecule has 0 aliphatic heterocycles. The van der Waals surface area contributed by atoms with E-state index in [-0.39, 0.29) is 11.4 Å². The van der Waals surface area contributed by atoms with Crippen molar-refractivity contribution in [3.8, 4) is 0 Å². The Morgan fingerprint density at radius 3 is 2.44 bits per heavy atom. The Morgan fingerprint density at radius 2 is 1.84 bits per heavy atom. The van der Waals surface area contributed by atoms with E-state index in [0.717, 1.165) is 37.5 Å². The van der Waals surface area contributed by atoms with Crippen LogP contribution in [0.4, 0.5) is 0 Å². The smallest absolute Gasteiger partial charge is 0.240 e. The molecule has 142 valence electrons. The summed E-state index contributed by atoms with van der Waals surface area (Å²) >= 11 is 0. The van der Waals surface area contributed by atoms with Crippen molar-refractivity contribution in [2.75, 3.05) is 33.4 Å². The number of aliphatic imine (C=N–C) groups is 1. The van der Waals surface area contributed by atoms with Crippen molar-refractivity contribution in [1.82, 2.24) is 15.4 Å². The quantitative estimate of drug-likeness (QED) is 0.312. The molecule has 0 bridgehead atoms. The molecule has 0 saturated carbocycles. The predicted octanol–water partition coefficient (Wildman–Crippen LogP) is 1.47. The Balaban J connectivity index is 2.66. The van der Waals surface area contributed by atoms with Gasteiger partial charge in [-0.05, 0) is 31.0 Å². The summed E-state index contributed by atoms with van der Waals surface area (Å²) in [5, 5.41) is 6.47. The van der Waals surface area contributed by atoms with Crippen LogP contribution in [0, 0.1) is 0 Å². The molecule has 0 aromatic heterocycles. The van der Waals surface area contributed by atoms with Crippen molar-refractivity contribution in [1.29, 1.82) is 0 Å². The lowest BCUT2D eigenvalue weighted by molar-refractivity contribution is 0.204. The highest BCUT2D eigenvalue weighted by Gasteiger charge is 2.12. The standard InChI is InChI=1S/C17H30N4O3S/c1-4-6-11-19-17(18-5-2)20-14-15-7-9-16(10-8-15)25(22,23)21-12-13-24-3/h7-10,21H,4-6,11-14H2,1-3H3,(H2,18,19,20). The van der Waals surface area contributed by atoms with Crippen LogP contribution in [0.15, 0.2) is 34.2 Å². The van der Waals surface area contributed by atoms with E-state index in [0.29, 0.717) is 13.2 Å². The van der Waals surface area contributed by atoms with Gasteiger partial charge >= 0.3 is 0 Å². The van der Waals surface area contributed by atoms with Crippen LogP contribution in [0.25, 0.3) is 0 Å². The summed E-state index contributed by atoms with van der Waals surface area (Å²) in [6, 6.07) is 6.75. The maximum atomic E-state index is 12.1. The van der Waals surface area contributed by atoms with E-state index in [1.54, 1.807) is 24.3 Å². The SMILES string of the molecule is CCCCNC(=NCc1ccc(S(=O)(=O)NCCOC)cc1)NCC. The Labute approximate surface area is 151 Å². The van der Waals surface area contributed by atoms with Gasteiger partial charge in [0.25, 0.3) is 0 Å². The van der Waals surface area contributed by atoms with E-state index < -0.39 is 10.0 Å². The van der Waals surface area contributed by atoms with Crippen LogP contribution in [0.1, 0.15) is 32.3 Å². The molecule has 0 atom stereocenters. The fraction of sp³-hybridized carbons (Fsp3) is 0.588. The summed E-state index contributed by atoms with van der Waals surface area (Å²) in [6.07, 6.45) is 2.22. The molecule has 0 aliphatic rings. The largest absolute Gasteiger partial charge is 0.383 e. The van der Waals surface area contributed by atoms with Crippen molar-refractivity contribution in [2.45, 2.75) is 38.1 Å². The number of nitrogens with one attached hydrogen (secondary N) is 3. The molecule has 0 spiro atoms. The molecule has 0 unspecified atom stereocenters. The molecule has 1 rings (SSSR count). The van der Waals surface area contributed by atoms with Gasteiger partial charge in [0.1, 0.15) is 0 Å². The number of rotatable bonds is 11. The molecule has 1 aromatic rings. The summed E-state index contributed by atoms with van der Waals surface area (Å²) in [6.45, 7) is 6.91. The molecule has 0 fully saturated rings. The normalized spacial score (nSPS) is 12.2. The molecule has 8 heteroatoms. The summed E-state index contributed by atoms with van der Waals surface area (Å²) in [4.78, 5) is 4.76. The highest BCUT2D eigenvalue weighted by Crippen LogP contribution is 2.11. The number of hydrogen-bond acceptors (Lipinski definition) is 4. The third kappa shape index (κ3) is 8.33. The summed E-state index contributed by atoms with van der Waals surface area (Å²) in [7, 11) is -1.96. The second-order valence-corrected chi connectivity index (χ2v) is 7.28. The molecule has 0 radical (unpaired) electrons. The van der Waals surface area contributed by atoms with E-state index in [1.807, 2.05) is 6.92 Å². The van der Waals surface area contributed by atoms with Crippen LogP contribution in [0.3, 0.4) is 0 Å². The first kappa shape index (κ1) is 21.4. The zero-order valence-electron chi connectivity index (χ0n) is 15.3. The van der Waals surface area contributed by atoms with Gasteiger partial charge in [-0.1, -0.05) is 25.5 Å². The minimum Gasteiger partial charge on any atom is -0.383 e. The number of methoxy groups -OCH3 is 1. The zero-order chi connectivity index (χ0) is 18.5. The van der Waals surface area contributed by atoms with Crippen LogP contribution in [0.5, 0.6) is 0 Å². The number of unbranched alkanes of at least 4 members (excludes halogenated alkanes) is 1. The van der Waals surface area contributed by atoms with Crippen molar-refractivity contribution < 1.29 is 13.2 Å². The van der Waals surface area contributed by atoms with Crippen molar-refractivity contribution in [3.63, 3.8) is 0 Å².